The summed E-state index contributed by atoms with van der Waals surface area (Å²) < 4.78 is 10.7. The Hall–Kier alpha value is -1.52. The Morgan fingerprint density at radius 1 is 1.42 bits per heavy atom. The Morgan fingerprint density at radius 3 is 2.79 bits per heavy atom. The smallest absolute Gasteiger partial charge is 0.174 e. The Morgan fingerprint density at radius 2 is 2.21 bits per heavy atom. The lowest BCUT2D eigenvalue weighted by Gasteiger charge is -2.13. The Kier molecular flexibility index (Phi) is 4.45. The van der Waals surface area contributed by atoms with Gasteiger partial charge in [-0.25, -0.2) is 0 Å². The Balaban J connectivity index is 2.05. The fourth-order valence-corrected chi connectivity index (χ4v) is 1.95. The molecule has 0 saturated carbocycles. The quantitative estimate of drug-likeness (QED) is 0.911. The van der Waals surface area contributed by atoms with E-state index in [1.54, 1.807) is 0 Å². The molecule has 0 fully saturated rings. The topological polar surface area (TPSA) is 47.3 Å². The van der Waals surface area contributed by atoms with Crippen molar-refractivity contribution in [1.82, 2.24) is 10.5 Å². The summed E-state index contributed by atoms with van der Waals surface area (Å²) in [7, 11) is 1.91. The van der Waals surface area contributed by atoms with Gasteiger partial charge in [-0.3, -0.25) is 0 Å². The van der Waals surface area contributed by atoms with E-state index in [2.05, 4.69) is 17.4 Å². The van der Waals surface area contributed by atoms with Gasteiger partial charge in [-0.05, 0) is 38.6 Å². The molecule has 4 nitrogen and oxygen atoms in total. The first kappa shape index (κ1) is 13.9. The molecule has 0 aliphatic carbocycles. The first-order valence-corrected chi connectivity index (χ1v) is 6.49. The Labute approximate surface area is 117 Å². The molecule has 102 valence electrons. The van der Waals surface area contributed by atoms with E-state index in [0.29, 0.717) is 23.1 Å². The predicted molar refractivity (Wildman–Crippen MR) is 74.5 cm³/mol. The molecule has 1 unspecified atom stereocenters. The van der Waals surface area contributed by atoms with Gasteiger partial charge in [0.05, 0.1) is 10.7 Å². The molecule has 1 N–H and O–H groups in total. The van der Waals surface area contributed by atoms with E-state index < -0.39 is 0 Å². The van der Waals surface area contributed by atoms with E-state index in [4.69, 9.17) is 20.9 Å². The van der Waals surface area contributed by atoms with Crippen LogP contribution in [-0.4, -0.2) is 12.2 Å². The van der Waals surface area contributed by atoms with Crippen LogP contribution in [0.25, 0.3) is 0 Å². The van der Waals surface area contributed by atoms with E-state index in [9.17, 15) is 0 Å². The summed E-state index contributed by atoms with van der Waals surface area (Å²) in [5, 5.41) is 7.56. The van der Waals surface area contributed by atoms with E-state index >= 15 is 0 Å². The molecular formula is C14H17ClN2O2. The van der Waals surface area contributed by atoms with Gasteiger partial charge in [0, 0.05) is 12.1 Å². The number of hydrogen-bond donors (Lipinski definition) is 1. The van der Waals surface area contributed by atoms with Crippen LogP contribution in [0.5, 0.6) is 5.75 Å². The summed E-state index contributed by atoms with van der Waals surface area (Å²) in [6, 6.07) is 7.86. The maximum absolute atomic E-state index is 6.20. The van der Waals surface area contributed by atoms with Gasteiger partial charge in [0.25, 0.3) is 0 Å². The fraction of sp³-hybridized carbons (Fsp3) is 0.357. The van der Waals surface area contributed by atoms with Crippen LogP contribution in [0.3, 0.4) is 0 Å². The van der Waals surface area contributed by atoms with Crippen LogP contribution in [0, 0.1) is 6.92 Å². The van der Waals surface area contributed by atoms with Crippen LogP contribution in [0.2, 0.25) is 5.02 Å². The number of rotatable bonds is 5. The lowest BCUT2D eigenvalue weighted by molar-refractivity contribution is 0.249. The van der Waals surface area contributed by atoms with Gasteiger partial charge in [-0.15, -0.1) is 0 Å². The van der Waals surface area contributed by atoms with Crippen molar-refractivity contribution < 1.29 is 9.26 Å². The first-order chi connectivity index (χ1) is 9.10. The number of ether oxygens (including phenoxy) is 1. The monoisotopic (exact) mass is 280 g/mol. The van der Waals surface area contributed by atoms with Gasteiger partial charge in [0.1, 0.15) is 12.4 Å². The second kappa shape index (κ2) is 6.08. The van der Waals surface area contributed by atoms with Crippen LogP contribution in [0.4, 0.5) is 0 Å². The molecule has 0 radical (unpaired) electrons. The molecule has 0 amide bonds. The maximum atomic E-state index is 6.20. The molecule has 2 rings (SSSR count). The summed E-state index contributed by atoms with van der Waals surface area (Å²) >= 11 is 6.20. The molecule has 19 heavy (non-hydrogen) atoms. The SMILES string of the molecule is CNC(C)c1ccc(OCc2cc(C)no2)c(Cl)c1. The van der Waals surface area contributed by atoms with Crippen molar-refractivity contribution in [3.63, 3.8) is 0 Å². The van der Waals surface area contributed by atoms with Gasteiger partial charge in [0.15, 0.2) is 5.76 Å². The highest BCUT2D eigenvalue weighted by molar-refractivity contribution is 6.32. The zero-order chi connectivity index (χ0) is 13.8. The average molecular weight is 281 g/mol. The number of benzene rings is 1. The normalized spacial score (nSPS) is 12.4. The number of halogens is 1. The zero-order valence-corrected chi connectivity index (χ0v) is 12.0. The molecule has 0 saturated heterocycles. The van der Waals surface area contributed by atoms with E-state index in [0.717, 1.165) is 11.3 Å². The van der Waals surface area contributed by atoms with Crippen LogP contribution in [0.15, 0.2) is 28.8 Å². The number of aryl methyl sites for hydroxylation is 1. The highest BCUT2D eigenvalue weighted by Crippen LogP contribution is 2.28. The van der Waals surface area contributed by atoms with Crippen molar-refractivity contribution in [1.29, 1.82) is 0 Å². The maximum Gasteiger partial charge on any atom is 0.174 e. The minimum Gasteiger partial charge on any atom is -0.484 e. The lowest BCUT2D eigenvalue weighted by atomic mass is 10.1. The van der Waals surface area contributed by atoms with Gasteiger partial charge in [-0.2, -0.15) is 0 Å². The van der Waals surface area contributed by atoms with Crippen molar-refractivity contribution in [3.8, 4) is 5.75 Å². The number of nitrogens with one attached hydrogen (secondary N) is 1. The standard InChI is InChI=1S/C14H17ClN2O2/c1-9-6-12(19-17-9)8-18-14-5-4-11(7-13(14)15)10(2)16-3/h4-7,10,16H,8H2,1-3H3. The summed E-state index contributed by atoms with van der Waals surface area (Å²) in [6.07, 6.45) is 0. The van der Waals surface area contributed by atoms with Crippen LogP contribution >= 0.6 is 11.6 Å². The molecule has 0 aliphatic rings. The third kappa shape index (κ3) is 3.49. The average Bonchev–Trinajstić information content (AvgIpc) is 2.82. The largest absolute Gasteiger partial charge is 0.484 e. The van der Waals surface area contributed by atoms with Gasteiger partial charge in [0.2, 0.25) is 0 Å². The fourth-order valence-electron chi connectivity index (χ4n) is 1.70. The molecule has 1 heterocycles. The van der Waals surface area contributed by atoms with Crippen molar-refractivity contribution in [2.45, 2.75) is 26.5 Å². The molecule has 0 bridgehead atoms. The highest BCUT2D eigenvalue weighted by Gasteiger charge is 2.08. The number of nitrogens with zero attached hydrogens (tertiary/aromatic N) is 1. The van der Waals surface area contributed by atoms with Crippen LogP contribution in [-0.2, 0) is 6.61 Å². The molecule has 1 atom stereocenters. The summed E-state index contributed by atoms with van der Waals surface area (Å²) in [5.74, 6) is 1.32. The summed E-state index contributed by atoms with van der Waals surface area (Å²) in [4.78, 5) is 0. The molecule has 1 aromatic heterocycles. The van der Waals surface area contributed by atoms with Gasteiger partial charge in [-0.1, -0.05) is 22.8 Å². The third-order valence-electron chi connectivity index (χ3n) is 2.94. The van der Waals surface area contributed by atoms with Crippen LogP contribution in [0.1, 0.15) is 30.0 Å². The molecule has 0 spiro atoms. The summed E-state index contributed by atoms with van der Waals surface area (Å²) in [6.45, 7) is 4.26. The number of aromatic nitrogens is 1. The minimum atomic E-state index is 0.253. The van der Waals surface area contributed by atoms with Crippen molar-refractivity contribution in [2.24, 2.45) is 0 Å². The first-order valence-electron chi connectivity index (χ1n) is 6.12. The molecule has 2 aromatic rings. The van der Waals surface area contributed by atoms with E-state index in [-0.39, 0.29) is 6.04 Å². The van der Waals surface area contributed by atoms with E-state index in [1.807, 2.05) is 38.2 Å². The molecule has 0 aliphatic heterocycles. The summed E-state index contributed by atoms with van der Waals surface area (Å²) in [5.41, 5.74) is 1.96. The second-order valence-corrected chi connectivity index (χ2v) is 4.83. The number of hydrogen-bond acceptors (Lipinski definition) is 4. The van der Waals surface area contributed by atoms with Gasteiger partial charge >= 0.3 is 0 Å². The minimum absolute atomic E-state index is 0.253. The van der Waals surface area contributed by atoms with Crippen molar-refractivity contribution >= 4 is 11.6 Å². The second-order valence-electron chi connectivity index (χ2n) is 4.42. The van der Waals surface area contributed by atoms with Gasteiger partial charge < -0.3 is 14.6 Å². The predicted octanol–water partition coefficient (Wildman–Crippen LogP) is 3.50. The van der Waals surface area contributed by atoms with E-state index in [1.165, 1.54) is 0 Å². The van der Waals surface area contributed by atoms with Crippen molar-refractivity contribution in [2.75, 3.05) is 7.05 Å². The molecular weight excluding hydrogens is 264 g/mol. The zero-order valence-electron chi connectivity index (χ0n) is 11.2. The van der Waals surface area contributed by atoms with Crippen molar-refractivity contribution in [3.05, 3.63) is 46.3 Å². The lowest BCUT2D eigenvalue weighted by Crippen LogP contribution is -2.12. The highest BCUT2D eigenvalue weighted by atomic mass is 35.5. The third-order valence-corrected chi connectivity index (χ3v) is 3.23. The molecule has 1 aromatic carbocycles. The molecule has 5 heteroatoms. The Bertz CT molecular complexity index is 554. The van der Waals surface area contributed by atoms with Crippen LogP contribution < -0.4 is 10.1 Å².